The molecule has 4 rings (SSSR count). The molecule has 2 aromatic rings. The van der Waals surface area contributed by atoms with Gasteiger partial charge in [-0.2, -0.15) is 13.2 Å². The number of alkyl halides is 3. The topological polar surface area (TPSA) is 94.8 Å². The maximum Gasteiger partial charge on any atom is 0.418 e. The summed E-state index contributed by atoms with van der Waals surface area (Å²) in [5.41, 5.74) is 6.69. The van der Waals surface area contributed by atoms with Gasteiger partial charge in [-0.05, 0) is 42.3 Å². The maximum absolute atomic E-state index is 13.8. The van der Waals surface area contributed by atoms with Gasteiger partial charge in [0.25, 0.3) is 5.91 Å². The third-order valence-corrected chi connectivity index (χ3v) is 6.74. The number of pyridine rings is 1. The number of benzene rings is 1. The van der Waals surface area contributed by atoms with Crippen LogP contribution in [0.1, 0.15) is 45.6 Å². The molecule has 8 nitrogen and oxygen atoms in total. The van der Waals surface area contributed by atoms with Crippen LogP contribution in [0.15, 0.2) is 30.5 Å². The van der Waals surface area contributed by atoms with Gasteiger partial charge in [0.2, 0.25) is 5.91 Å². The molecule has 0 aliphatic carbocycles. The van der Waals surface area contributed by atoms with Crippen molar-refractivity contribution in [3.8, 4) is 0 Å². The predicted octanol–water partition coefficient (Wildman–Crippen LogP) is 2.50. The van der Waals surface area contributed by atoms with Crippen LogP contribution in [0, 0.1) is 0 Å². The molecule has 1 fully saturated rings. The van der Waals surface area contributed by atoms with E-state index in [1.165, 1.54) is 6.20 Å². The van der Waals surface area contributed by atoms with Gasteiger partial charge in [-0.15, -0.1) is 0 Å². The van der Waals surface area contributed by atoms with Gasteiger partial charge in [0.1, 0.15) is 0 Å². The molecule has 2 amide bonds. The van der Waals surface area contributed by atoms with Crippen LogP contribution in [-0.2, 0) is 24.1 Å². The fraction of sp³-hybridized carbons (Fsp3) is 0.480. The zero-order valence-electron chi connectivity index (χ0n) is 20.4. The summed E-state index contributed by atoms with van der Waals surface area (Å²) in [6, 6.07) is 6.18. The van der Waals surface area contributed by atoms with E-state index in [4.69, 9.17) is 5.73 Å². The molecule has 1 atom stereocenters. The highest BCUT2D eigenvalue weighted by Crippen LogP contribution is 2.34. The number of primary amides is 1. The van der Waals surface area contributed by atoms with E-state index in [0.29, 0.717) is 31.7 Å². The Morgan fingerprint density at radius 1 is 1.14 bits per heavy atom. The highest BCUT2D eigenvalue weighted by molar-refractivity contribution is 6.04. The zero-order valence-corrected chi connectivity index (χ0v) is 20.4. The van der Waals surface area contributed by atoms with Gasteiger partial charge in [-0.3, -0.25) is 24.4 Å². The summed E-state index contributed by atoms with van der Waals surface area (Å²) in [5, 5.41) is 2.56. The number of nitrogens with two attached hydrogens (primary N) is 1. The summed E-state index contributed by atoms with van der Waals surface area (Å²) >= 11 is 0. The monoisotopic (exact) mass is 504 g/mol. The maximum atomic E-state index is 13.8. The number of amides is 2. The van der Waals surface area contributed by atoms with E-state index in [-0.39, 0.29) is 30.4 Å². The Morgan fingerprint density at radius 2 is 1.86 bits per heavy atom. The molecule has 0 bridgehead atoms. The summed E-state index contributed by atoms with van der Waals surface area (Å²) < 4.78 is 41.5. The molecule has 0 spiro atoms. The molecule has 1 aromatic carbocycles. The second-order valence-corrected chi connectivity index (χ2v) is 9.70. The average molecular weight is 505 g/mol. The Morgan fingerprint density at radius 3 is 2.53 bits per heavy atom. The van der Waals surface area contributed by atoms with Crippen molar-refractivity contribution in [2.24, 2.45) is 5.73 Å². The van der Waals surface area contributed by atoms with Crippen molar-refractivity contribution >= 4 is 17.5 Å². The minimum atomic E-state index is -4.60. The lowest BCUT2D eigenvalue weighted by Crippen LogP contribution is -2.44. The highest BCUT2D eigenvalue weighted by Gasteiger charge is 2.35. The summed E-state index contributed by atoms with van der Waals surface area (Å²) in [5.74, 6) is -0.806. The minimum absolute atomic E-state index is 0.0177. The Balaban J connectivity index is 1.51. The Bertz CT molecular complexity index is 1130. The van der Waals surface area contributed by atoms with Crippen LogP contribution in [0.5, 0.6) is 0 Å². The molecular formula is C25H31F3N6O2. The van der Waals surface area contributed by atoms with E-state index in [9.17, 15) is 22.8 Å². The lowest BCUT2D eigenvalue weighted by molar-refractivity contribution is -0.138. The first-order chi connectivity index (χ1) is 17.0. The molecule has 0 unspecified atom stereocenters. The van der Waals surface area contributed by atoms with Crippen molar-refractivity contribution in [2.45, 2.75) is 32.1 Å². The number of likely N-dealkylation sites (N-methyl/N-ethyl adjacent to an activating group) is 1. The van der Waals surface area contributed by atoms with Gasteiger partial charge >= 0.3 is 6.18 Å². The molecular weight excluding hydrogens is 473 g/mol. The molecule has 3 heterocycles. The van der Waals surface area contributed by atoms with Gasteiger partial charge in [0.15, 0.2) is 0 Å². The second-order valence-electron chi connectivity index (χ2n) is 9.70. The average Bonchev–Trinajstić information content (AvgIpc) is 2.80. The Labute approximate surface area is 208 Å². The van der Waals surface area contributed by atoms with Crippen LogP contribution in [0.3, 0.4) is 0 Å². The van der Waals surface area contributed by atoms with Crippen molar-refractivity contribution in [1.82, 2.24) is 19.7 Å². The molecule has 0 saturated carbocycles. The first kappa shape index (κ1) is 26.1. The van der Waals surface area contributed by atoms with Gasteiger partial charge in [0.05, 0.1) is 29.7 Å². The van der Waals surface area contributed by atoms with E-state index in [1.807, 2.05) is 29.8 Å². The summed E-state index contributed by atoms with van der Waals surface area (Å²) in [7, 11) is 1.98. The number of nitrogens with one attached hydrogen (secondary N) is 1. The smallest absolute Gasteiger partial charge is 0.369 e. The van der Waals surface area contributed by atoms with E-state index < -0.39 is 23.6 Å². The predicted molar refractivity (Wildman–Crippen MR) is 129 cm³/mol. The largest absolute Gasteiger partial charge is 0.418 e. The molecule has 1 saturated heterocycles. The third kappa shape index (κ3) is 6.21. The minimum Gasteiger partial charge on any atom is -0.369 e. The molecule has 11 heteroatoms. The van der Waals surface area contributed by atoms with Crippen molar-refractivity contribution in [3.05, 3.63) is 58.4 Å². The van der Waals surface area contributed by atoms with E-state index in [1.54, 1.807) is 12.1 Å². The number of fused-ring (bicyclic) bond motifs is 1. The summed E-state index contributed by atoms with van der Waals surface area (Å²) in [6.07, 6.45) is -3.32. The van der Waals surface area contributed by atoms with Crippen LogP contribution in [0.4, 0.5) is 18.9 Å². The van der Waals surface area contributed by atoms with Crippen LogP contribution < -0.4 is 11.1 Å². The fourth-order valence-electron chi connectivity index (χ4n) is 4.85. The Kier molecular flexibility index (Phi) is 7.62. The summed E-state index contributed by atoms with van der Waals surface area (Å²) in [6.45, 7) is 6.29. The number of rotatable bonds is 6. The number of piperazine rings is 1. The van der Waals surface area contributed by atoms with Crippen LogP contribution in [-0.4, -0.2) is 77.8 Å². The quantitative estimate of drug-likeness (QED) is 0.628. The van der Waals surface area contributed by atoms with E-state index in [0.717, 1.165) is 30.3 Å². The van der Waals surface area contributed by atoms with Crippen molar-refractivity contribution in [3.63, 3.8) is 0 Å². The highest BCUT2D eigenvalue weighted by atomic mass is 19.4. The van der Waals surface area contributed by atoms with Gasteiger partial charge in [0, 0.05) is 51.4 Å². The number of aromatic nitrogens is 1. The van der Waals surface area contributed by atoms with Gasteiger partial charge in [-0.1, -0.05) is 13.0 Å². The Hall–Kier alpha value is -3.02. The SMILES string of the molecule is C[C@H]1CN(CC(N)=O)Cc2cc(C(=O)Nc3cnc(CN4CCN(C)CC4)c(C(F)(F)F)c3)ccc21. The van der Waals surface area contributed by atoms with Crippen molar-refractivity contribution in [2.75, 3.05) is 51.6 Å². The van der Waals surface area contributed by atoms with Crippen LogP contribution in [0.2, 0.25) is 0 Å². The lowest BCUT2D eigenvalue weighted by Gasteiger charge is -2.32. The molecule has 36 heavy (non-hydrogen) atoms. The first-order valence-corrected chi connectivity index (χ1v) is 11.9. The number of hydrogen-bond acceptors (Lipinski definition) is 6. The van der Waals surface area contributed by atoms with Gasteiger partial charge < -0.3 is 16.0 Å². The number of nitrogens with zero attached hydrogens (tertiary/aromatic N) is 4. The molecule has 0 radical (unpaired) electrons. The third-order valence-electron chi connectivity index (χ3n) is 6.74. The molecule has 2 aliphatic rings. The van der Waals surface area contributed by atoms with Crippen LogP contribution >= 0.6 is 0 Å². The standard InChI is InChI=1S/C25H31F3N6O2/c1-16-12-34(15-23(29)35)13-18-9-17(3-4-20(16)18)24(36)31-19-10-21(25(26,27)28)22(30-11-19)14-33-7-5-32(2)6-8-33/h3-4,9-11,16H,5-8,12-15H2,1-2H3,(H2,29,35)(H,31,36)/t16-/m0/s1. The number of halogens is 3. The number of carbonyl (C=O) groups excluding carboxylic acids is 2. The van der Waals surface area contributed by atoms with Crippen molar-refractivity contribution < 1.29 is 22.8 Å². The molecule has 2 aliphatic heterocycles. The van der Waals surface area contributed by atoms with E-state index in [2.05, 4.69) is 15.2 Å². The van der Waals surface area contributed by atoms with Crippen LogP contribution in [0.25, 0.3) is 0 Å². The summed E-state index contributed by atoms with van der Waals surface area (Å²) in [4.78, 5) is 34.3. The number of anilines is 1. The number of hydrogen-bond donors (Lipinski definition) is 2. The zero-order chi connectivity index (χ0) is 26.0. The second kappa shape index (κ2) is 10.5. The number of carbonyl (C=O) groups is 2. The van der Waals surface area contributed by atoms with Gasteiger partial charge in [-0.25, -0.2) is 0 Å². The van der Waals surface area contributed by atoms with Crippen molar-refractivity contribution in [1.29, 1.82) is 0 Å². The molecule has 194 valence electrons. The lowest BCUT2D eigenvalue weighted by atomic mass is 9.89. The molecule has 1 aromatic heterocycles. The van der Waals surface area contributed by atoms with E-state index >= 15 is 0 Å². The normalized spacial score (nSPS) is 19.6. The fourth-order valence-corrected chi connectivity index (χ4v) is 4.85. The molecule has 3 N–H and O–H groups in total. The first-order valence-electron chi connectivity index (χ1n) is 11.9.